The summed E-state index contributed by atoms with van der Waals surface area (Å²) in [4.78, 5) is 16.1. The van der Waals surface area contributed by atoms with Crippen molar-refractivity contribution in [3.8, 4) is 0 Å². The number of nitrogens with zero attached hydrogens (tertiary/aromatic N) is 3. The summed E-state index contributed by atoms with van der Waals surface area (Å²) in [5.74, 6) is 0. The van der Waals surface area contributed by atoms with E-state index in [0.717, 1.165) is 46.6 Å². The van der Waals surface area contributed by atoms with Crippen molar-refractivity contribution >= 4 is 43.7 Å². The molecule has 3 heterocycles. The van der Waals surface area contributed by atoms with Crippen molar-refractivity contribution in [3.05, 3.63) is 62.9 Å². The van der Waals surface area contributed by atoms with E-state index >= 15 is 0 Å². The Labute approximate surface area is 202 Å². The van der Waals surface area contributed by atoms with Gasteiger partial charge in [-0.15, -0.1) is 0 Å². The van der Waals surface area contributed by atoms with Gasteiger partial charge in [0.05, 0.1) is 23.3 Å². The van der Waals surface area contributed by atoms with Gasteiger partial charge in [0.2, 0.25) is 10.0 Å². The van der Waals surface area contributed by atoms with Gasteiger partial charge in [-0.1, -0.05) is 18.2 Å². The molecule has 8 nitrogen and oxygen atoms in total. The Morgan fingerprint density at radius 3 is 2.71 bits per heavy atom. The van der Waals surface area contributed by atoms with Crippen LogP contribution in [-0.2, 0) is 21.3 Å². The molecule has 1 fully saturated rings. The third-order valence-electron chi connectivity index (χ3n) is 6.58. The number of H-pyrrole nitrogens is 1. The summed E-state index contributed by atoms with van der Waals surface area (Å²) < 4.78 is 43.7. The van der Waals surface area contributed by atoms with E-state index in [1.54, 1.807) is 25.1 Å². The molecule has 1 aliphatic heterocycles. The summed E-state index contributed by atoms with van der Waals surface area (Å²) in [6, 6.07) is 9.25. The number of ether oxygens (including phenoxy) is 1. The summed E-state index contributed by atoms with van der Waals surface area (Å²) >= 11 is 0.984. The van der Waals surface area contributed by atoms with Gasteiger partial charge in [0.1, 0.15) is 15.9 Å². The number of rotatable bonds is 6. The molecule has 1 N–H and O–H groups in total. The number of hydrogen-bond acceptors (Lipinski definition) is 7. The van der Waals surface area contributed by atoms with Gasteiger partial charge in [-0.2, -0.15) is 13.1 Å². The maximum atomic E-state index is 14.0. The van der Waals surface area contributed by atoms with Crippen molar-refractivity contribution in [2.75, 3.05) is 13.2 Å². The molecule has 4 aromatic rings. The first-order valence-electron chi connectivity index (χ1n) is 11.2. The van der Waals surface area contributed by atoms with Crippen molar-refractivity contribution in [1.82, 2.24) is 18.0 Å². The fourth-order valence-electron chi connectivity index (χ4n) is 4.52. The second kappa shape index (κ2) is 8.84. The number of nitrogens with one attached hydrogen (secondary N) is 1. The zero-order chi connectivity index (χ0) is 24.0. The average Bonchev–Trinajstić information content (AvgIpc) is 3.48. The SMILES string of the molecule is Cc1ccc2nsnc2c1S(=O)(=O)N(Cc1cc2ccc(C)c(C)c2[nH]c1=O)C[C@@H]1CCCO1. The van der Waals surface area contributed by atoms with Gasteiger partial charge in [-0.3, -0.25) is 4.79 Å². The van der Waals surface area contributed by atoms with E-state index in [-0.39, 0.29) is 29.6 Å². The van der Waals surface area contributed by atoms with Gasteiger partial charge in [0.25, 0.3) is 5.56 Å². The number of sulfonamides is 1. The predicted molar refractivity (Wildman–Crippen MR) is 133 cm³/mol. The Morgan fingerprint density at radius 2 is 1.94 bits per heavy atom. The minimum Gasteiger partial charge on any atom is -0.377 e. The molecule has 178 valence electrons. The smallest absolute Gasteiger partial charge is 0.252 e. The Kier molecular flexibility index (Phi) is 6.01. The summed E-state index contributed by atoms with van der Waals surface area (Å²) in [5.41, 5.74) is 4.45. The van der Waals surface area contributed by atoms with E-state index in [2.05, 4.69) is 13.7 Å². The molecule has 0 saturated carbocycles. The van der Waals surface area contributed by atoms with E-state index in [1.807, 2.05) is 26.0 Å². The second-order valence-electron chi connectivity index (χ2n) is 8.87. The molecule has 34 heavy (non-hydrogen) atoms. The Bertz CT molecular complexity index is 1550. The first-order valence-corrected chi connectivity index (χ1v) is 13.4. The van der Waals surface area contributed by atoms with E-state index in [9.17, 15) is 13.2 Å². The molecule has 2 aromatic heterocycles. The largest absolute Gasteiger partial charge is 0.377 e. The van der Waals surface area contributed by atoms with Crippen molar-refractivity contribution in [1.29, 1.82) is 0 Å². The maximum Gasteiger partial charge on any atom is 0.252 e. The normalized spacial score (nSPS) is 16.8. The van der Waals surface area contributed by atoms with Gasteiger partial charge >= 0.3 is 0 Å². The molecule has 5 rings (SSSR count). The molecule has 2 aromatic carbocycles. The quantitative estimate of drug-likeness (QED) is 0.433. The highest BCUT2D eigenvalue weighted by Gasteiger charge is 2.33. The third kappa shape index (κ3) is 4.04. The zero-order valence-electron chi connectivity index (χ0n) is 19.3. The number of aromatic nitrogens is 3. The molecule has 0 bridgehead atoms. The van der Waals surface area contributed by atoms with Crippen LogP contribution < -0.4 is 5.56 Å². The van der Waals surface area contributed by atoms with Crippen LogP contribution in [0, 0.1) is 20.8 Å². The highest BCUT2D eigenvalue weighted by molar-refractivity contribution is 7.89. The van der Waals surface area contributed by atoms with Gasteiger partial charge < -0.3 is 9.72 Å². The number of fused-ring (bicyclic) bond motifs is 2. The van der Waals surface area contributed by atoms with Gasteiger partial charge in [-0.25, -0.2) is 8.42 Å². The first-order chi connectivity index (χ1) is 16.3. The number of benzene rings is 2. The average molecular weight is 499 g/mol. The Morgan fingerprint density at radius 1 is 1.15 bits per heavy atom. The van der Waals surface area contributed by atoms with Crippen LogP contribution in [0.15, 0.2) is 40.0 Å². The lowest BCUT2D eigenvalue weighted by Crippen LogP contribution is -2.38. The highest BCUT2D eigenvalue weighted by Crippen LogP contribution is 2.30. The Hall–Kier alpha value is -2.66. The van der Waals surface area contributed by atoms with Crippen molar-refractivity contribution < 1.29 is 13.2 Å². The molecule has 1 saturated heterocycles. The lowest BCUT2D eigenvalue weighted by molar-refractivity contribution is 0.0925. The number of pyridine rings is 1. The van der Waals surface area contributed by atoms with Crippen LogP contribution in [0.1, 0.15) is 35.1 Å². The molecular formula is C24H26N4O4S2. The fraction of sp³-hybridized carbons (Fsp3) is 0.375. The molecule has 1 atom stereocenters. The van der Waals surface area contributed by atoms with E-state index in [4.69, 9.17) is 4.74 Å². The van der Waals surface area contributed by atoms with Crippen molar-refractivity contribution in [2.24, 2.45) is 0 Å². The topological polar surface area (TPSA) is 105 Å². The summed E-state index contributed by atoms with van der Waals surface area (Å²) in [7, 11) is -3.99. The summed E-state index contributed by atoms with van der Waals surface area (Å²) in [5, 5.41) is 0.870. The lowest BCUT2D eigenvalue weighted by Gasteiger charge is -2.25. The minimum atomic E-state index is -3.99. The monoisotopic (exact) mass is 498 g/mol. The van der Waals surface area contributed by atoms with Crippen molar-refractivity contribution in [2.45, 2.75) is 51.2 Å². The molecule has 0 aliphatic carbocycles. The van der Waals surface area contributed by atoms with Gasteiger partial charge in [-0.05, 0) is 67.8 Å². The minimum absolute atomic E-state index is 0.0617. The van der Waals surface area contributed by atoms with Crippen LogP contribution in [0.2, 0.25) is 0 Å². The molecular weight excluding hydrogens is 472 g/mol. The predicted octanol–water partition coefficient (Wildman–Crippen LogP) is 3.83. The maximum absolute atomic E-state index is 14.0. The number of aromatic amines is 1. The van der Waals surface area contributed by atoms with Crippen LogP contribution in [0.5, 0.6) is 0 Å². The molecule has 0 amide bonds. The lowest BCUT2D eigenvalue weighted by atomic mass is 10.0. The highest BCUT2D eigenvalue weighted by atomic mass is 32.2. The molecule has 0 unspecified atom stereocenters. The standard InChI is InChI=1S/C24H26N4O4S2/c1-14-6-8-17-11-18(24(29)25-21(17)16(14)3)12-28(13-19-5-4-10-32-19)34(30,31)23-15(2)7-9-20-22(23)27-33-26-20/h6-9,11,19H,4-5,10,12-13H2,1-3H3,(H,25,29)/t19-/m0/s1. The zero-order valence-corrected chi connectivity index (χ0v) is 20.9. The Balaban J connectivity index is 1.61. The fourth-order valence-corrected chi connectivity index (χ4v) is 6.92. The van der Waals surface area contributed by atoms with E-state index < -0.39 is 10.0 Å². The number of aryl methyl sites for hydroxylation is 3. The molecule has 0 spiro atoms. The van der Waals surface area contributed by atoms with Crippen LogP contribution in [0.3, 0.4) is 0 Å². The molecule has 10 heteroatoms. The summed E-state index contributed by atoms with van der Waals surface area (Å²) in [6.45, 7) is 6.43. The van der Waals surface area contributed by atoms with Gasteiger partial charge in [0, 0.05) is 25.3 Å². The first kappa shape index (κ1) is 23.1. The van der Waals surface area contributed by atoms with E-state index in [0.29, 0.717) is 28.8 Å². The second-order valence-corrected chi connectivity index (χ2v) is 11.3. The van der Waals surface area contributed by atoms with Gasteiger partial charge in [0.15, 0.2) is 0 Å². The summed E-state index contributed by atoms with van der Waals surface area (Å²) in [6.07, 6.45) is 1.45. The van der Waals surface area contributed by atoms with Crippen LogP contribution in [-0.4, -0.2) is 45.7 Å². The number of hydrogen-bond donors (Lipinski definition) is 1. The molecule has 0 radical (unpaired) electrons. The van der Waals surface area contributed by atoms with Crippen LogP contribution in [0.4, 0.5) is 0 Å². The van der Waals surface area contributed by atoms with Crippen LogP contribution >= 0.6 is 11.7 Å². The van der Waals surface area contributed by atoms with E-state index in [1.165, 1.54) is 4.31 Å². The van der Waals surface area contributed by atoms with Crippen LogP contribution in [0.25, 0.3) is 21.9 Å². The third-order valence-corrected chi connectivity index (χ3v) is 9.11. The molecule has 1 aliphatic rings. The van der Waals surface area contributed by atoms with Crippen molar-refractivity contribution in [3.63, 3.8) is 0 Å².